The fourth-order valence-corrected chi connectivity index (χ4v) is 3.41. The van der Waals surface area contributed by atoms with Crippen molar-refractivity contribution in [3.05, 3.63) is 47.5 Å². The Balaban J connectivity index is 2.18. The van der Waals surface area contributed by atoms with Gasteiger partial charge in [0, 0.05) is 5.56 Å². The van der Waals surface area contributed by atoms with Gasteiger partial charge in [-0.1, -0.05) is 6.07 Å². The fraction of sp³-hybridized carbons (Fsp3) is 0.278. The topological polar surface area (TPSA) is 103 Å². The van der Waals surface area contributed by atoms with Crippen LogP contribution in [-0.2, 0) is 10.0 Å². The van der Waals surface area contributed by atoms with Crippen molar-refractivity contribution >= 4 is 15.9 Å². The fourth-order valence-electron chi connectivity index (χ4n) is 2.32. The summed E-state index contributed by atoms with van der Waals surface area (Å²) in [6.07, 6.45) is 0. The number of hydrogen-bond donors (Lipinski definition) is 2. The molecule has 0 atom stereocenters. The predicted octanol–water partition coefficient (Wildman–Crippen LogP) is 2.03. The van der Waals surface area contributed by atoms with Gasteiger partial charge in [-0.05, 0) is 49.7 Å². The third-order valence-electron chi connectivity index (χ3n) is 3.63. The molecule has 8 nitrogen and oxygen atoms in total. The minimum absolute atomic E-state index is 0.0745. The lowest BCUT2D eigenvalue weighted by molar-refractivity contribution is 0.0944. The maximum Gasteiger partial charge on any atom is 0.266 e. The van der Waals surface area contributed by atoms with Crippen molar-refractivity contribution in [1.29, 1.82) is 0 Å². The van der Waals surface area contributed by atoms with Crippen LogP contribution in [0, 0.1) is 6.92 Å². The van der Waals surface area contributed by atoms with Crippen molar-refractivity contribution in [2.45, 2.75) is 18.7 Å². The number of methoxy groups -OCH3 is 2. The monoisotopic (exact) mass is 394 g/mol. The summed E-state index contributed by atoms with van der Waals surface area (Å²) in [5.74, 6) is 0.381. The minimum atomic E-state index is -4.02. The normalized spacial score (nSPS) is 11.0. The largest absolute Gasteiger partial charge is 0.495 e. The van der Waals surface area contributed by atoms with Crippen LogP contribution in [0.25, 0.3) is 0 Å². The Morgan fingerprint density at radius 3 is 2.30 bits per heavy atom. The number of ether oxygens (including phenoxy) is 3. The number of hydrogen-bond acceptors (Lipinski definition) is 6. The van der Waals surface area contributed by atoms with Gasteiger partial charge >= 0.3 is 0 Å². The summed E-state index contributed by atoms with van der Waals surface area (Å²) in [5.41, 5.74) is 3.12. The first kappa shape index (κ1) is 20.5. The molecule has 0 aliphatic heterocycles. The molecule has 0 heterocycles. The van der Waals surface area contributed by atoms with E-state index in [2.05, 4.69) is 10.3 Å². The third-order valence-corrected chi connectivity index (χ3v) is 4.90. The summed E-state index contributed by atoms with van der Waals surface area (Å²) < 4.78 is 40.7. The second-order valence-electron chi connectivity index (χ2n) is 5.51. The van der Waals surface area contributed by atoms with Crippen molar-refractivity contribution in [3.8, 4) is 17.2 Å². The Hall–Kier alpha value is -2.78. The van der Waals surface area contributed by atoms with Crippen LogP contribution >= 0.6 is 0 Å². The summed E-state index contributed by atoms with van der Waals surface area (Å²) >= 11 is 0. The lowest BCUT2D eigenvalue weighted by Gasteiger charge is -2.13. The lowest BCUT2D eigenvalue weighted by atomic mass is 10.2. The van der Waals surface area contributed by atoms with Gasteiger partial charge < -0.3 is 14.2 Å². The van der Waals surface area contributed by atoms with Crippen LogP contribution in [0.3, 0.4) is 0 Å². The molecule has 0 aliphatic carbocycles. The molecular weight excluding hydrogens is 372 g/mol. The van der Waals surface area contributed by atoms with Crippen molar-refractivity contribution in [3.63, 3.8) is 0 Å². The Labute approximate surface area is 158 Å². The van der Waals surface area contributed by atoms with Crippen LogP contribution in [0.1, 0.15) is 22.8 Å². The number of benzene rings is 2. The minimum Gasteiger partial charge on any atom is -0.495 e. The summed E-state index contributed by atoms with van der Waals surface area (Å²) in [7, 11) is -1.20. The highest BCUT2D eigenvalue weighted by atomic mass is 32.2. The highest BCUT2D eigenvalue weighted by Crippen LogP contribution is 2.28. The van der Waals surface area contributed by atoms with Crippen LogP contribution in [0.15, 0.2) is 41.3 Å². The van der Waals surface area contributed by atoms with E-state index in [1.54, 1.807) is 25.1 Å². The second-order valence-corrected chi connectivity index (χ2v) is 7.16. The van der Waals surface area contributed by atoms with Gasteiger partial charge in [0.25, 0.3) is 15.9 Å². The quantitative estimate of drug-likeness (QED) is 0.664. The van der Waals surface area contributed by atoms with Crippen molar-refractivity contribution in [1.82, 2.24) is 10.3 Å². The van der Waals surface area contributed by atoms with Gasteiger partial charge in [0.05, 0.1) is 20.8 Å². The van der Waals surface area contributed by atoms with Gasteiger partial charge in [-0.2, -0.15) is 0 Å². The van der Waals surface area contributed by atoms with Crippen LogP contribution in [-0.4, -0.2) is 35.2 Å². The Morgan fingerprint density at radius 2 is 1.67 bits per heavy atom. The maximum absolute atomic E-state index is 12.5. The predicted molar refractivity (Wildman–Crippen MR) is 99.7 cm³/mol. The molecule has 2 rings (SSSR count). The molecule has 2 aromatic carbocycles. The van der Waals surface area contributed by atoms with E-state index in [9.17, 15) is 13.2 Å². The molecule has 0 saturated heterocycles. The van der Waals surface area contributed by atoms with E-state index in [-0.39, 0.29) is 16.2 Å². The number of rotatable bonds is 8. The molecule has 9 heteroatoms. The SMILES string of the molecule is CCOc1ccc(C(=O)NNS(=O)(=O)c2cc(C)ccc2OC)cc1OC. The zero-order valence-electron chi connectivity index (χ0n) is 15.5. The molecular formula is C18H22N2O6S. The van der Waals surface area contributed by atoms with E-state index in [1.165, 1.54) is 32.4 Å². The van der Waals surface area contributed by atoms with Gasteiger partial charge in [0.1, 0.15) is 10.6 Å². The second kappa shape index (κ2) is 8.74. The van der Waals surface area contributed by atoms with Crippen LogP contribution in [0.5, 0.6) is 17.2 Å². The molecule has 0 unspecified atom stereocenters. The average molecular weight is 394 g/mol. The number of sulfonamides is 1. The van der Waals surface area contributed by atoms with Crippen molar-refractivity contribution in [2.24, 2.45) is 0 Å². The molecule has 27 heavy (non-hydrogen) atoms. The standard InChI is InChI=1S/C18H22N2O6S/c1-5-26-14-9-7-13(11-16(14)25-4)18(21)19-20-27(22,23)17-10-12(2)6-8-15(17)24-3/h6-11,20H,5H2,1-4H3,(H,19,21). The summed E-state index contributed by atoms with van der Waals surface area (Å²) in [6.45, 7) is 4.03. The molecule has 0 aliphatic rings. The summed E-state index contributed by atoms with van der Waals surface area (Å²) in [4.78, 5) is 14.3. The molecule has 0 saturated carbocycles. The van der Waals surface area contributed by atoms with E-state index in [0.717, 1.165) is 5.56 Å². The van der Waals surface area contributed by atoms with E-state index in [1.807, 2.05) is 6.92 Å². The Morgan fingerprint density at radius 1 is 1.00 bits per heavy atom. The molecule has 0 aromatic heterocycles. The molecule has 2 aromatic rings. The molecule has 146 valence electrons. The first-order valence-electron chi connectivity index (χ1n) is 8.10. The Bertz CT molecular complexity index is 927. The number of carbonyl (C=O) groups is 1. The zero-order valence-corrected chi connectivity index (χ0v) is 16.3. The van der Waals surface area contributed by atoms with Gasteiger partial charge in [0.2, 0.25) is 0 Å². The van der Waals surface area contributed by atoms with Crippen LogP contribution < -0.4 is 24.5 Å². The average Bonchev–Trinajstić information content (AvgIpc) is 2.66. The lowest BCUT2D eigenvalue weighted by Crippen LogP contribution is -2.41. The zero-order chi connectivity index (χ0) is 20.0. The van der Waals surface area contributed by atoms with E-state index in [4.69, 9.17) is 14.2 Å². The molecule has 0 spiro atoms. The molecule has 0 bridgehead atoms. The van der Waals surface area contributed by atoms with Crippen LogP contribution in [0.4, 0.5) is 0 Å². The maximum atomic E-state index is 12.5. The summed E-state index contributed by atoms with van der Waals surface area (Å²) in [6, 6.07) is 9.26. The molecule has 0 radical (unpaired) electrons. The smallest absolute Gasteiger partial charge is 0.266 e. The van der Waals surface area contributed by atoms with Crippen LogP contribution in [0.2, 0.25) is 0 Å². The first-order chi connectivity index (χ1) is 12.8. The van der Waals surface area contributed by atoms with E-state index >= 15 is 0 Å². The Kier molecular flexibility index (Phi) is 6.65. The third kappa shape index (κ3) is 4.89. The molecule has 0 fully saturated rings. The van der Waals surface area contributed by atoms with Crippen molar-refractivity contribution < 1.29 is 27.4 Å². The first-order valence-corrected chi connectivity index (χ1v) is 9.58. The van der Waals surface area contributed by atoms with E-state index < -0.39 is 15.9 Å². The van der Waals surface area contributed by atoms with Gasteiger partial charge in [-0.15, -0.1) is 4.83 Å². The molecule has 2 N–H and O–H groups in total. The number of hydrazine groups is 1. The van der Waals surface area contributed by atoms with Gasteiger partial charge in [0.15, 0.2) is 11.5 Å². The highest BCUT2D eigenvalue weighted by Gasteiger charge is 2.21. The van der Waals surface area contributed by atoms with Gasteiger partial charge in [-0.3, -0.25) is 10.2 Å². The number of carbonyl (C=O) groups excluding carboxylic acids is 1. The molecule has 1 amide bonds. The summed E-state index contributed by atoms with van der Waals surface area (Å²) in [5, 5.41) is 0. The van der Waals surface area contributed by atoms with Crippen molar-refractivity contribution in [2.75, 3.05) is 20.8 Å². The van der Waals surface area contributed by atoms with E-state index in [0.29, 0.717) is 18.1 Å². The number of aryl methyl sites for hydroxylation is 1. The highest BCUT2D eigenvalue weighted by molar-refractivity contribution is 7.89. The number of nitrogens with one attached hydrogen (secondary N) is 2. The van der Waals surface area contributed by atoms with Gasteiger partial charge in [-0.25, -0.2) is 8.42 Å². The number of amides is 1.